The standard InChI is InChI=1S/C9H18N2/c1-7-5-9(3,4)11(6-7)8(2)10/h7,10H,5-6H2,1-4H3/t7-/m0/s1. The van der Waals surface area contributed by atoms with Crippen LogP contribution in [0.15, 0.2) is 0 Å². The molecule has 0 aliphatic carbocycles. The fourth-order valence-corrected chi connectivity index (χ4v) is 2.18. The zero-order valence-electron chi connectivity index (χ0n) is 7.94. The van der Waals surface area contributed by atoms with Crippen molar-refractivity contribution < 1.29 is 0 Å². The number of hydrogen-bond acceptors (Lipinski definition) is 1. The Balaban J connectivity index is 2.74. The summed E-state index contributed by atoms with van der Waals surface area (Å²) < 4.78 is 0. The number of amidine groups is 1. The van der Waals surface area contributed by atoms with Gasteiger partial charge in [-0.05, 0) is 33.1 Å². The van der Waals surface area contributed by atoms with Crippen LogP contribution in [0.1, 0.15) is 34.1 Å². The van der Waals surface area contributed by atoms with Gasteiger partial charge in [-0.2, -0.15) is 0 Å². The SMILES string of the molecule is CC(=N)N1C[C@@H](C)CC1(C)C. The average molecular weight is 154 g/mol. The van der Waals surface area contributed by atoms with Gasteiger partial charge in [0.25, 0.3) is 0 Å². The molecule has 1 N–H and O–H groups in total. The van der Waals surface area contributed by atoms with E-state index >= 15 is 0 Å². The predicted molar refractivity (Wildman–Crippen MR) is 48.0 cm³/mol. The molecule has 0 bridgehead atoms. The Bertz CT molecular complexity index is 172. The molecule has 0 aromatic rings. The summed E-state index contributed by atoms with van der Waals surface area (Å²) in [5.74, 6) is 1.45. The molecule has 64 valence electrons. The van der Waals surface area contributed by atoms with Crippen LogP contribution in [0.2, 0.25) is 0 Å². The molecule has 0 unspecified atom stereocenters. The van der Waals surface area contributed by atoms with Gasteiger partial charge in [-0.1, -0.05) is 6.92 Å². The van der Waals surface area contributed by atoms with E-state index in [-0.39, 0.29) is 5.54 Å². The third-order valence-corrected chi connectivity index (χ3v) is 2.48. The Labute approximate surface area is 69.1 Å². The predicted octanol–water partition coefficient (Wildman–Crippen LogP) is 2.10. The topological polar surface area (TPSA) is 27.1 Å². The first-order valence-electron chi connectivity index (χ1n) is 4.26. The molecule has 2 nitrogen and oxygen atoms in total. The Morgan fingerprint density at radius 3 is 2.27 bits per heavy atom. The van der Waals surface area contributed by atoms with E-state index in [9.17, 15) is 0 Å². The maximum atomic E-state index is 7.56. The van der Waals surface area contributed by atoms with Crippen LogP contribution in [0.5, 0.6) is 0 Å². The van der Waals surface area contributed by atoms with Gasteiger partial charge in [0.05, 0.1) is 5.84 Å². The fourth-order valence-electron chi connectivity index (χ4n) is 2.18. The van der Waals surface area contributed by atoms with Gasteiger partial charge in [0.2, 0.25) is 0 Å². The Morgan fingerprint density at radius 1 is 1.55 bits per heavy atom. The summed E-state index contributed by atoms with van der Waals surface area (Å²) in [6, 6.07) is 0. The van der Waals surface area contributed by atoms with Crippen molar-refractivity contribution in [2.24, 2.45) is 5.92 Å². The second-order valence-corrected chi connectivity index (χ2v) is 4.32. The summed E-state index contributed by atoms with van der Waals surface area (Å²) in [6.45, 7) is 9.62. The summed E-state index contributed by atoms with van der Waals surface area (Å²) in [7, 11) is 0. The molecule has 1 heterocycles. The van der Waals surface area contributed by atoms with E-state index in [2.05, 4.69) is 25.7 Å². The number of hydrogen-bond donors (Lipinski definition) is 1. The normalized spacial score (nSPS) is 29.1. The van der Waals surface area contributed by atoms with Crippen molar-refractivity contribution in [1.82, 2.24) is 4.90 Å². The highest BCUT2D eigenvalue weighted by Crippen LogP contribution is 2.31. The van der Waals surface area contributed by atoms with Gasteiger partial charge < -0.3 is 4.90 Å². The van der Waals surface area contributed by atoms with Gasteiger partial charge in [-0.15, -0.1) is 0 Å². The summed E-state index contributed by atoms with van der Waals surface area (Å²) in [4.78, 5) is 2.19. The van der Waals surface area contributed by atoms with Crippen LogP contribution >= 0.6 is 0 Å². The summed E-state index contributed by atoms with van der Waals surface area (Å²) in [6.07, 6.45) is 1.21. The molecule has 1 aliphatic heterocycles. The van der Waals surface area contributed by atoms with Gasteiger partial charge in [0.15, 0.2) is 0 Å². The van der Waals surface area contributed by atoms with Gasteiger partial charge >= 0.3 is 0 Å². The minimum atomic E-state index is 0.214. The Morgan fingerprint density at radius 2 is 2.09 bits per heavy atom. The third-order valence-electron chi connectivity index (χ3n) is 2.48. The molecule has 2 heteroatoms. The van der Waals surface area contributed by atoms with Crippen molar-refractivity contribution in [3.05, 3.63) is 0 Å². The van der Waals surface area contributed by atoms with Crippen LogP contribution in [-0.2, 0) is 0 Å². The smallest absolute Gasteiger partial charge is 0.0930 e. The molecular weight excluding hydrogens is 136 g/mol. The van der Waals surface area contributed by atoms with Crippen molar-refractivity contribution in [2.45, 2.75) is 39.7 Å². The number of likely N-dealkylation sites (tertiary alicyclic amines) is 1. The molecule has 0 aromatic carbocycles. The number of nitrogens with one attached hydrogen (secondary N) is 1. The lowest BCUT2D eigenvalue weighted by atomic mass is 9.98. The van der Waals surface area contributed by atoms with Crippen LogP contribution in [0.3, 0.4) is 0 Å². The quantitative estimate of drug-likeness (QED) is 0.420. The largest absolute Gasteiger partial charge is 0.355 e. The lowest BCUT2D eigenvalue weighted by Gasteiger charge is -2.32. The van der Waals surface area contributed by atoms with E-state index in [1.165, 1.54) is 6.42 Å². The fraction of sp³-hybridized carbons (Fsp3) is 0.889. The van der Waals surface area contributed by atoms with Crippen LogP contribution in [0, 0.1) is 11.3 Å². The summed E-state index contributed by atoms with van der Waals surface area (Å²) in [5, 5.41) is 7.56. The number of nitrogens with zero attached hydrogens (tertiary/aromatic N) is 1. The highest BCUT2D eigenvalue weighted by Gasteiger charge is 2.36. The second-order valence-electron chi connectivity index (χ2n) is 4.32. The lowest BCUT2D eigenvalue weighted by Crippen LogP contribution is -2.40. The lowest BCUT2D eigenvalue weighted by molar-refractivity contribution is 0.279. The van der Waals surface area contributed by atoms with Gasteiger partial charge in [-0.3, -0.25) is 5.41 Å². The maximum Gasteiger partial charge on any atom is 0.0930 e. The molecule has 0 amide bonds. The zero-order chi connectivity index (χ0) is 8.65. The van der Waals surface area contributed by atoms with Gasteiger partial charge in [0, 0.05) is 12.1 Å². The molecule has 11 heavy (non-hydrogen) atoms. The minimum absolute atomic E-state index is 0.214. The highest BCUT2D eigenvalue weighted by molar-refractivity contribution is 5.77. The number of rotatable bonds is 0. The Kier molecular flexibility index (Phi) is 1.95. The van der Waals surface area contributed by atoms with Crippen molar-refractivity contribution in [1.29, 1.82) is 5.41 Å². The first-order chi connectivity index (χ1) is 4.93. The van der Waals surface area contributed by atoms with Crippen LogP contribution in [0.25, 0.3) is 0 Å². The summed E-state index contributed by atoms with van der Waals surface area (Å²) in [5.41, 5.74) is 0.214. The maximum absolute atomic E-state index is 7.56. The van der Waals surface area contributed by atoms with Crippen LogP contribution in [0.4, 0.5) is 0 Å². The van der Waals surface area contributed by atoms with E-state index in [1.807, 2.05) is 6.92 Å². The van der Waals surface area contributed by atoms with Crippen molar-refractivity contribution in [3.8, 4) is 0 Å². The van der Waals surface area contributed by atoms with Crippen LogP contribution in [-0.4, -0.2) is 22.8 Å². The first kappa shape index (κ1) is 8.57. The zero-order valence-corrected chi connectivity index (χ0v) is 7.94. The molecule has 1 aliphatic rings. The molecule has 0 aromatic heterocycles. The van der Waals surface area contributed by atoms with Crippen molar-refractivity contribution in [3.63, 3.8) is 0 Å². The second kappa shape index (κ2) is 2.50. The Hall–Kier alpha value is -0.530. The average Bonchev–Trinajstić information content (AvgIpc) is 2.04. The molecule has 0 radical (unpaired) electrons. The van der Waals surface area contributed by atoms with Crippen molar-refractivity contribution in [2.75, 3.05) is 6.54 Å². The molecule has 1 fully saturated rings. The van der Waals surface area contributed by atoms with Crippen molar-refractivity contribution >= 4 is 5.84 Å². The molecule has 1 atom stereocenters. The van der Waals surface area contributed by atoms with E-state index in [1.54, 1.807) is 0 Å². The molecule has 0 spiro atoms. The molecule has 1 rings (SSSR count). The van der Waals surface area contributed by atoms with E-state index in [4.69, 9.17) is 5.41 Å². The third kappa shape index (κ3) is 1.55. The highest BCUT2D eigenvalue weighted by atomic mass is 15.2. The molecular formula is C9H18N2. The van der Waals surface area contributed by atoms with Gasteiger partial charge in [0.1, 0.15) is 0 Å². The molecule has 0 saturated carbocycles. The monoisotopic (exact) mass is 154 g/mol. The first-order valence-corrected chi connectivity index (χ1v) is 4.26. The van der Waals surface area contributed by atoms with E-state index in [0.29, 0.717) is 5.84 Å². The van der Waals surface area contributed by atoms with E-state index in [0.717, 1.165) is 12.5 Å². The molecule has 1 saturated heterocycles. The van der Waals surface area contributed by atoms with Gasteiger partial charge in [-0.25, -0.2) is 0 Å². The van der Waals surface area contributed by atoms with E-state index < -0.39 is 0 Å². The van der Waals surface area contributed by atoms with Crippen LogP contribution < -0.4 is 0 Å². The summed E-state index contributed by atoms with van der Waals surface area (Å²) >= 11 is 0. The minimum Gasteiger partial charge on any atom is -0.355 e.